The number of carbonyl (C=O) groups is 1. The van der Waals surface area contributed by atoms with Crippen molar-refractivity contribution in [1.82, 2.24) is 4.31 Å². The lowest BCUT2D eigenvalue weighted by molar-refractivity contribution is 0.0596. The fourth-order valence-corrected chi connectivity index (χ4v) is 4.66. The summed E-state index contributed by atoms with van der Waals surface area (Å²) in [6.45, 7) is 2.50. The number of ether oxygens (including phenoxy) is 1. The van der Waals surface area contributed by atoms with Crippen molar-refractivity contribution >= 4 is 28.4 Å². The minimum absolute atomic E-state index is 0. The maximum atomic E-state index is 13.0. The minimum Gasteiger partial charge on any atom is -0.465 e. The summed E-state index contributed by atoms with van der Waals surface area (Å²) in [4.78, 5) is 11.9. The van der Waals surface area contributed by atoms with Crippen LogP contribution in [-0.2, 0) is 14.8 Å². The van der Waals surface area contributed by atoms with E-state index in [4.69, 9.17) is 10.5 Å². The Kier molecular flexibility index (Phi) is 7.01. The zero-order valence-corrected chi connectivity index (χ0v) is 15.0. The Labute approximate surface area is 143 Å². The molecule has 1 fully saturated rings. The molecule has 1 aliphatic heterocycles. The Morgan fingerprint density at radius 1 is 1.39 bits per heavy atom. The summed E-state index contributed by atoms with van der Waals surface area (Å²) in [6, 6.07) is 4.48. The molecule has 1 aliphatic rings. The molecule has 23 heavy (non-hydrogen) atoms. The van der Waals surface area contributed by atoms with Crippen LogP contribution in [0.15, 0.2) is 23.1 Å². The first-order chi connectivity index (χ1) is 10.4. The molecule has 0 bridgehead atoms. The first-order valence-corrected chi connectivity index (χ1v) is 8.76. The van der Waals surface area contributed by atoms with Crippen LogP contribution >= 0.6 is 12.4 Å². The third kappa shape index (κ3) is 4.03. The van der Waals surface area contributed by atoms with Gasteiger partial charge in [-0.2, -0.15) is 4.31 Å². The first-order valence-electron chi connectivity index (χ1n) is 7.32. The number of nitrogens with zero attached hydrogens (tertiary/aromatic N) is 1. The van der Waals surface area contributed by atoms with Crippen LogP contribution in [0.4, 0.5) is 0 Å². The van der Waals surface area contributed by atoms with Gasteiger partial charge >= 0.3 is 5.97 Å². The molecular formula is C15H23ClN2O4S. The molecule has 0 amide bonds. The lowest BCUT2D eigenvalue weighted by Crippen LogP contribution is -2.47. The van der Waals surface area contributed by atoms with Gasteiger partial charge in [0.05, 0.1) is 17.6 Å². The number of halogens is 1. The third-order valence-corrected chi connectivity index (χ3v) is 5.98. The van der Waals surface area contributed by atoms with Gasteiger partial charge in [0.1, 0.15) is 0 Å². The highest BCUT2D eigenvalue weighted by Gasteiger charge is 2.35. The fourth-order valence-electron chi connectivity index (χ4n) is 2.79. The SMILES string of the molecule is COC(=O)c1cc(C)ccc1S(=O)(=O)N1CCCCC1CN.Cl. The van der Waals surface area contributed by atoms with Gasteiger partial charge in [0.2, 0.25) is 10.0 Å². The number of sulfonamides is 1. The second-order valence-electron chi connectivity index (χ2n) is 5.49. The predicted molar refractivity (Wildman–Crippen MR) is 90.4 cm³/mol. The van der Waals surface area contributed by atoms with Gasteiger partial charge in [0, 0.05) is 19.1 Å². The molecule has 1 unspecified atom stereocenters. The van der Waals surface area contributed by atoms with Gasteiger partial charge in [-0.1, -0.05) is 18.1 Å². The lowest BCUT2D eigenvalue weighted by atomic mass is 10.1. The number of piperidine rings is 1. The van der Waals surface area contributed by atoms with Gasteiger partial charge in [-0.05, 0) is 31.9 Å². The van der Waals surface area contributed by atoms with Crippen LogP contribution in [0.25, 0.3) is 0 Å². The number of nitrogens with two attached hydrogens (primary N) is 1. The van der Waals surface area contributed by atoms with Gasteiger partial charge in [-0.15, -0.1) is 12.4 Å². The molecule has 1 aromatic rings. The summed E-state index contributed by atoms with van der Waals surface area (Å²) in [7, 11) is -2.53. The van der Waals surface area contributed by atoms with Crippen molar-refractivity contribution in [2.75, 3.05) is 20.2 Å². The van der Waals surface area contributed by atoms with E-state index in [0.29, 0.717) is 6.54 Å². The average molecular weight is 363 g/mol. The summed E-state index contributed by atoms with van der Waals surface area (Å²) in [5.41, 5.74) is 6.59. The summed E-state index contributed by atoms with van der Waals surface area (Å²) < 4.78 is 32.1. The summed E-state index contributed by atoms with van der Waals surface area (Å²) in [5, 5.41) is 0. The van der Waals surface area contributed by atoms with Crippen LogP contribution in [0.1, 0.15) is 35.2 Å². The van der Waals surface area contributed by atoms with E-state index in [0.717, 1.165) is 24.8 Å². The van der Waals surface area contributed by atoms with Crippen LogP contribution in [0.5, 0.6) is 0 Å². The van der Waals surface area contributed by atoms with Crippen molar-refractivity contribution in [3.05, 3.63) is 29.3 Å². The topological polar surface area (TPSA) is 89.7 Å². The number of methoxy groups -OCH3 is 1. The van der Waals surface area contributed by atoms with Gasteiger partial charge in [0.15, 0.2) is 0 Å². The van der Waals surface area contributed by atoms with Gasteiger partial charge in [-0.25, -0.2) is 13.2 Å². The van der Waals surface area contributed by atoms with Crippen LogP contribution in [-0.4, -0.2) is 44.9 Å². The van der Waals surface area contributed by atoms with E-state index in [1.807, 2.05) is 0 Å². The fraction of sp³-hybridized carbons (Fsp3) is 0.533. The van der Waals surface area contributed by atoms with Gasteiger partial charge < -0.3 is 10.5 Å². The number of aryl methyl sites for hydroxylation is 1. The second-order valence-corrected chi connectivity index (χ2v) is 7.35. The molecule has 0 saturated carbocycles. The normalized spacial score (nSPS) is 19.0. The van der Waals surface area contributed by atoms with Gasteiger partial charge in [0.25, 0.3) is 0 Å². The highest BCUT2D eigenvalue weighted by Crippen LogP contribution is 2.28. The standard InChI is InChI=1S/C15H22N2O4S.ClH/c1-11-6-7-14(13(9-11)15(18)21-2)22(19,20)17-8-4-3-5-12(17)10-16;/h6-7,9,12H,3-5,8,10,16H2,1-2H3;1H. The van der Waals surface area contributed by atoms with E-state index < -0.39 is 16.0 Å². The largest absolute Gasteiger partial charge is 0.465 e. The van der Waals surface area contributed by atoms with Crippen molar-refractivity contribution in [3.63, 3.8) is 0 Å². The summed E-state index contributed by atoms with van der Waals surface area (Å²) in [5.74, 6) is -0.649. The molecule has 2 rings (SSSR count). The average Bonchev–Trinajstić information content (AvgIpc) is 2.53. The Morgan fingerprint density at radius 2 is 2.09 bits per heavy atom. The Balaban J connectivity index is 0.00000264. The molecule has 1 atom stereocenters. The Bertz CT molecular complexity index is 663. The van der Waals surface area contributed by atoms with Crippen LogP contribution in [0.3, 0.4) is 0 Å². The summed E-state index contributed by atoms with van der Waals surface area (Å²) >= 11 is 0. The van der Waals surface area contributed by atoms with E-state index in [2.05, 4.69) is 0 Å². The number of carbonyl (C=O) groups excluding carboxylic acids is 1. The molecule has 0 aliphatic carbocycles. The summed E-state index contributed by atoms with van der Waals surface area (Å²) in [6.07, 6.45) is 2.51. The van der Waals surface area contributed by atoms with E-state index >= 15 is 0 Å². The predicted octanol–water partition coefficient (Wildman–Crippen LogP) is 1.71. The molecule has 1 heterocycles. The smallest absolute Gasteiger partial charge is 0.339 e. The first kappa shape index (κ1) is 19.9. The molecule has 0 spiro atoms. The molecule has 1 aromatic carbocycles. The number of hydrogen-bond acceptors (Lipinski definition) is 5. The quantitative estimate of drug-likeness (QED) is 0.823. The number of esters is 1. The van der Waals surface area contributed by atoms with Crippen molar-refractivity contribution in [2.45, 2.75) is 37.1 Å². The zero-order chi connectivity index (χ0) is 16.3. The number of hydrogen-bond donors (Lipinski definition) is 1. The van der Waals surface area contributed by atoms with E-state index in [9.17, 15) is 13.2 Å². The molecule has 8 heteroatoms. The molecule has 2 N–H and O–H groups in total. The maximum absolute atomic E-state index is 13.0. The lowest BCUT2D eigenvalue weighted by Gasteiger charge is -2.34. The second kappa shape index (κ2) is 8.10. The highest BCUT2D eigenvalue weighted by molar-refractivity contribution is 7.89. The van der Waals surface area contributed by atoms with Crippen molar-refractivity contribution in [3.8, 4) is 0 Å². The molecule has 0 aromatic heterocycles. The number of rotatable bonds is 4. The molecule has 130 valence electrons. The molecule has 6 nitrogen and oxygen atoms in total. The molecular weight excluding hydrogens is 340 g/mol. The van der Waals surface area contributed by atoms with Crippen LogP contribution < -0.4 is 5.73 Å². The maximum Gasteiger partial charge on any atom is 0.339 e. The van der Waals surface area contributed by atoms with Crippen molar-refractivity contribution in [1.29, 1.82) is 0 Å². The van der Waals surface area contributed by atoms with Crippen LogP contribution in [0.2, 0.25) is 0 Å². The van der Waals surface area contributed by atoms with Crippen molar-refractivity contribution in [2.24, 2.45) is 5.73 Å². The van der Waals surface area contributed by atoms with E-state index in [-0.39, 0.29) is 35.5 Å². The third-order valence-electron chi connectivity index (χ3n) is 3.97. The minimum atomic E-state index is -3.77. The Hall–Kier alpha value is -1.15. The monoisotopic (exact) mass is 362 g/mol. The Morgan fingerprint density at radius 3 is 2.70 bits per heavy atom. The number of benzene rings is 1. The zero-order valence-electron chi connectivity index (χ0n) is 13.3. The van der Waals surface area contributed by atoms with E-state index in [1.54, 1.807) is 19.1 Å². The van der Waals surface area contributed by atoms with Gasteiger partial charge in [-0.3, -0.25) is 0 Å². The van der Waals surface area contributed by atoms with Crippen LogP contribution in [0, 0.1) is 6.92 Å². The van der Waals surface area contributed by atoms with Crippen molar-refractivity contribution < 1.29 is 17.9 Å². The molecule has 1 saturated heterocycles. The molecule has 0 radical (unpaired) electrons. The van der Waals surface area contributed by atoms with E-state index in [1.165, 1.54) is 17.5 Å². The highest BCUT2D eigenvalue weighted by atomic mass is 35.5.